The summed E-state index contributed by atoms with van der Waals surface area (Å²) >= 11 is 0. The molecule has 1 fully saturated rings. The van der Waals surface area contributed by atoms with Crippen molar-refractivity contribution in [3.05, 3.63) is 24.3 Å². The number of hydrogen-bond acceptors (Lipinski definition) is 4. The highest BCUT2D eigenvalue weighted by atomic mass is 16.5. The molecule has 1 aromatic rings. The van der Waals surface area contributed by atoms with E-state index in [0.717, 1.165) is 31.1 Å². The van der Waals surface area contributed by atoms with Crippen LogP contribution in [0.3, 0.4) is 0 Å². The van der Waals surface area contributed by atoms with Crippen LogP contribution >= 0.6 is 0 Å². The maximum absolute atomic E-state index is 5.76. The van der Waals surface area contributed by atoms with Gasteiger partial charge in [-0.15, -0.1) is 0 Å². The van der Waals surface area contributed by atoms with E-state index >= 15 is 0 Å². The molecule has 0 amide bonds. The fourth-order valence-corrected chi connectivity index (χ4v) is 2.22. The number of rotatable bonds is 6. The second kappa shape index (κ2) is 7.36. The topological polar surface area (TPSA) is 24.9 Å². The highest BCUT2D eigenvalue weighted by molar-refractivity contribution is 5.38. The van der Waals surface area contributed by atoms with Gasteiger partial charge < -0.3 is 19.3 Å². The number of hydrogen-bond donors (Lipinski definition) is 0. The average Bonchev–Trinajstić information content (AvgIpc) is 2.46. The summed E-state index contributed by atoms with van der Waals surface area (Å²) in [7, 11) is 3.83. The van der Waals surface area contributed by atoms with Crippen LogP contribution in [0.2, 0.25) is 0 Å². The summed E-state index contributed by atoms with van der Waals surface area (Å²) in [5.41, 5.74) is 0. The fraction of sp³-hybridized carbons (Fsp3) is 0.600. The van der Waals surface area contributed by atoms with Crippen LogP contribution < -0.4 is 9.47 Å². The number of benzene rings is 1. The molecule has 0 N–H and O–H groups in total. The lowest BCUT2D eigenvalue weighted by Gasteiger charge is -2.32. The fourth-order valence-electron chi connectivity index (χ4n) is 2.22. The van der Waals surface area contributed by atoms with Crippen molar-refractivity contribution in [3.8, 4) is 11.5 Å². The summed E-state index contributed by atoms with van der Waals surface area (Å²) in [5, 5.41) is 0. The van der Waals surface area contributed by atoms with Crippen LogP contribution in [0.25, 0.3) is 0 Å². The van der Waals surface area contributed by atoms with Crippen molar-refractivity contribution >= 4 is 0 Å². The first kappa shape index (κ1) is 14.2. The van der Waals surface area contributed by atoms with E-state index in [9.17, 15) is 0 Å². The maximum atomic E-state index is 5.76. The van der Waals surface area contributed by atoms with E-state index in [4.69, 9.17) is 9.47 Å². The lowest BCUT2D eigenvalue weighted by atomic mass is 10.3. The molecule has 0 atom stereocenters. The molecule has 0 spiro atoms. The number of ether oxygens (including phenoxy) is 2. The molecular formula is C15H23N2O2. The quantitative estimate of drug-likeness (QED) is 0.726. The van der Waals surface area contributed by atoms with Crippen molar-refractivity contribution in [1.82, 2.24) is 9.80 Å². The summed E-state index contributed by atoms with van der Waals surface area (Å²) in [4.78, 5) is 4.87. The molecule has 0 aromatic heterocycles. The first-order chi connectivity index (χ1) is 9.29. The molecule has 19 heavy (non-hydrogen) atoms. The van der Waals surface area contributed by atoms with Gasteiger partial charge in [-0.05, 0) is 31.7 Å². The van der Waals surface area contributed by atoms with Crippen LogP contribution in [0.1, 0.15) is 6.42 Å². The SMILES string of the molecule is COc1c[c]ccc1OCCCN1CCN(C)CC1. The maximum Gasteiger partial charge on any atom is 0.161 e. The van der Waals surface area contributed by atoms with E-state index < -0.39 is 0 Å². The molecule has 1 saturated heterocycles. The highest BCUT2D eigenvalue weighted by Gasteiger charge is 2.12. The molecule has 1 aromatic carbocycles. The largest absolute Gasteiger partial charge is 0.493 e. The van der Waals surface area contributed by atoms with Crippen molar-refractivity contribution in [3.63, 3.8) is 0 Å². The number of likely N-dealkylation sites (N-methyl/N-ethyl adjacent to an activating group) is 1. The van der Waals surface area contributed by atoms with E-state index in [-0.39, 0.29) is 0 Å². The molecule has 0 aliphatic carbocycles. The summed E-state index contributed by atoms with van der Waals surface area (Å²) in [6.07, 6.45) is 1.05. The van der Waals surface area contributed by atoms with Crippen molar-refractivity contribution in [2.24, 2.45) is 0 Å². The summed E-state index contributed by atoms with van der Waals surface area (Å²) in [6, 6.07) is 8.53. The van der Waals surface area contributed by atoms with Gasteiger partial charge in [0, 0.05) is 32.7 Å². The summed E-state index contributed by atoms with van der Waals surface area (Å²) in [6.45, 7) is 6.51. The summed E-state index contributed by atoms with van der Waals surface area (Å²) in [5.74, 6) is 1.56. The van der Waals surface area contributed by atoms with E-state index in [1.165, 1.54) is 26.2 Å². The number of piperazine rings is 1. The van der Waals surface area contributed by atoms with Crippen molar-refractivity contribution in [1.29, 1.82) is 0 Å². The van der Waals surface area contributed by atoms with Crippen LogP contribution in [0.4, 0.5) is 0 Å². The molecular weight excluding hydrogens is 240 g/mol. The Kier molecular flexibility index (Phi) is 5.48. The third kappa shape index (κ3) is 4.40. The van der Waals surface area contributed by atoms with Gasteiger partial charge in [0.15, 0.2) is 11.5 Å². The number of methoxy groups -OCH3 is 1. The van der Waals surface area contributed by atoms with Crippen LogP contribution in [-0.2, 0) is 0 Å². The molecule has 2 rings (SSSR count). The molecule has 4 nitrogen and oxygen atoms in total. The van der Waals surface area contributed by atoms with Gasteiger partial charge in [-0.1, -0.05) is 6.07 Å². The highest BCUT2D eigenvalue weighted by Crippen LogP contribution is 2.25. The Labute approximate surface area is 115 Å². The number of nitrogens with zero attached hydrogens (tertiary/aromatic N) is 2. The Morgan fingerprint density at radius 2 is 2.00 bits per heavy atom. The Bertz CT molecular complexity index is 376. The van der Waals surface area contributed by atoms with E-state index in [1.54, 1.807) is 13.2 Å². The smallest absolute Gasteiger partial charge is 0.161 e. The van der Waals surface area contributed by atoms with E-state index in [2.05, 4.69) is 22.9 Å². The van der Waals surface area contributed by atoms with Gasteiger partial charge in [-0.3, -0.25) is 0 Å². The minimum Gasteiger partial charge on any atom is -0.493 e. The molecule has 0 saturated carbocycles. The second-order valence-electron chi connectivity index (χ2n) is 4.92. The minimum atomic E-state index is 0.729. The molecule has 0 bridgehead atoms. The lowest BCUT2D eigenvalue weighted by molar-refractivity contribution is 0.145. The zero-order valence-corrected chi connectivity index (χ0v) is 11.9. The zero-order chi connectivity index (χ0) is 13.5. The third-order valence-electron chi connectivity index (χ3n) is 3.48. The molecule has 1 heterocycles. The van der Waals surface area contributed by atoms with Gasteiger partial charge in [0.1, 0.15) is 0 Å². The van der Waals surface area contributed by atoms with Crippen LogP contribution in [0, 0.1) is 6.07 Å². The molecule has 1 aliphatic heterocycles. The molecule has 1 radical (unpaired) electrons. The summed E-state index contributed by atoms with van der Waals surface area (Å²) < 4.78 is 11.0. The van der Waals surface area contributed by atoms with Gasteiger partial charge in [0.25, 0.3) is 0 Å². The Morgan fingerprint density at radius 1 is 1.21 bits per heavy atom. The first-order valence-electron chi connectivity index (χ1n) is 6.87. The second-order valence-corrected chi connectivity index (χ2v) is 4.92. The normalized spacial score (nSPS) is 17.4. The third-order valence-corrected chi connectivity index (χ3v) is 3.48. The standard InChI is InChI=1S/C15H23N2O2/c1-16-9-11-17(12-10-16)8-5-13-19-15-7-4-3-6-14(15)18-2/h4,6-7H,5,8-13H2,1-2H3. The molecule has 0 unspecified atom stereocenters. The Hall–Kier alpha value is -1.26. The Morgan fingerprint density at radius 3 is 2.74 bits per heavy atom. The Balaban J connectivity index is 1.66. The van der Waals surface area contributed by atoms with Crippen molar-refractivity contribution < 1.29 is 9.47 Å². The zero-order valence-electron chi connectivity index (χ0n) is 11.9. The van der Waals surface area contributed by atoms with Gasteiger partial charge in [-0.2, -0.15) is 0 Å². The monoisotopic (exact) mass is 263 g/mol. The minimum absolute atomic E-state index is 0.729. The van der Waals surface area contributed by atoms with Crippen LogP contribution in [-0.4, -0.2) is 63.3 Å². The van der Waals surface area contributed by atoms with Gasteiger partial charge in [-0.25, -0.2) is 0 Å². The van der Waals surface area contributed by atoms with Gasteiger partial charge in [0.05, 0.1) is 13.7 Å². The van der Waals surface area contributed by atoms with Gasteiger partial charge >= 0.3 is 0 Å². The predicted octanol–water partition coefficient (Wildman–Crippen LogP) is 1.51. The first-order valence-corrected chi connectivity index (χ1v) is 6.87. The molecule has 105 valence electrons. The van der Waals surface area contributed by atoms with Gasteiger partial charge in [0.2, 0.25) is 0 Å². The van der Waals surface area contributed by atoms with E-state index in [0.29, 0.717) is 0 Å². The lowest BCUT2D eigenvalue weighted by Crippen LogP contribution is -2.44. The molecule has 4 heteroatoms. The molecule has 1 aliphatic rings. The average molecular weight is 263 g/mol. The van der Waals surface area contributed by atoms with Crippen molar-refractivity contribution in [2.75, 3.05) is 53.5 Å². The van der Waals surface area contributed by atoms with Crippen molar-refractivity contribution in [2.45, 2.75) is 6.42 Å². The van der Waals surface area contributed by atoms with E-state index in [1.807, 2.05) is 12.1 Å². The van der Waals surface area contributed by atoms with Crippen LogP contribution in [0.15, 0.2) is 18.2 Å². The predicted molar refractivity (Wildman–Crippen MR) is 75.9 cm³/mol. The van der Waals surface area contributed by atoms with Crippen LogP contribution in [0.5, 0.6) is 11.5 Å².